The van der Waals surface area contributed by atoms with Crippen molar-refractivity contribution in [3.63, 3.8) is 0 Å². The third-order valence-electron chi connectivity index (χ3n) is 2.77. The fraction of sp³-hybridized carbons (Fsp3) is 0.231. The SMILES string of the molecule is CNCc1cc(S(=O)(=O)Nc2ccsc2)ccc1C. The minimum atomic E-state index is -3.51. The monoisotopic (exact) mass is 296 g/mol. The predicted molar refractivity (Wildman–Crippen MR) is 79.1 cm³/mol. The van der Waals surface area contributed by atoms with Crippen LogP contribution in [0.2, 0.25) is 0 Å². The normalized spacial score (nSPS) is 11.5. The van der Waals surface area contributed by atoms with Crippen LogP contribution in [-0.2, 0) is 16.6 Å². The summed E-state index contributed by atoms with van der Waals surface area (Å²) in [5.74, 6) is 0. The summed E-state index contributed by atoms with van der Waals surface area (Å²) in [6.45, 7) is 2.61. The zero-order valence-electron chi connectivity index (χ0n) is 10.8. The Labute approximate surface area is 117 Å². The highest BCUT2D eigenvalue weighted by molar-refractivity contribution is 7.92. The highest BCUT2D eigenvalue weighted by Crippen LogP contribution is 2.20. The van der Waals surface area contributed by atoms with E-state index in [9.17, 15) is 8.42 Å². The summed E-state index contributed by atoms with van der Waals surface area (Å²) < 4.78 is 27.0. The zero-order chi connectivity index (χ0) is 13.9. The van der Waals surface area contributed by atoms with E-state index in [0.717, 1.165) is 11.1 Å². The van der Waals surface area contributed by atoms with Crippen LogP contribution in [0.5, 0.6) is 0 Å². The molecule has 0 amide bonds. The third-order valence-corrected chi connectivity index (χ3v) is 4.83. The lowest BCUT2D eigenvalue weighted by Crippen LogP contribution is -2.14. The van der Waals surface area contributed by atoms with E-state index >= 15 is 0 Å². The van der Waals surface area contributed by atoms with Crippen LogP contribution in [-0.4, -0.2) is 15.5 Å². The molecule has 1 aromatic heterocycles. The summed E-state index contributed by atoms with van der Waals surface area (Å²) >= 11 is 1.45. The Morgan fingerprint density at radius 3 is 2.68 bits per heavy atom. The highest BCUT2D eigenvalue weighted by Gasteiger charge is 2.15. The van der Waals surface area contributed by atoms with E-state index in [-0.39, 0.29) is 4.90 Å². The van der Waals surface area contributed by atoms with Crippen molar-refractivity contribution in [1.82, 2.24) is 5.32 Å². The van der Waals surface area contributed by atoms with E-state index in [1.807, 2.05) is 25.4 Å². The summed E-state index contributed by atoms with van der Waals surface area (Å²) in [4.78, 5) is 0.287. The van der Waals surface area contributed by atoms with E-state index in [1.54, 1.807) is 23.6 Å². The standard InChI is InChI=1S/C13H16N2O2S2/c1-10-3-4-13(7-11(10)8-14-2)19(16,17)15-12-5-6-18-9-12/h3-7,9,14-15H,8H2,1-2H3. The molecule has 0 fully saturated rings. The minimum Gasteiger partial charge on any atom is -0.316 e. The Morgan fingerprint density at radius 2 is 2.05 bits per heavy atom. The number of nitrogens with one attached hydrogen (secondary N) is 2. The first-order valence-electron chi connectivity index (χ1n) is 5.82. The van der Waals surface area contributed by atoms with Crippen LogP contribution in [0.4, 0.5) is 5.69 Å². The van der Waals surface area contributed by atoms with Crippen molar-refractivity contribution in [2.75, 3.05) is 11.8 Å². The first-order chi connectivity index (χ1) is 9.03. The number of benzene rings is 1. The maximum Gasteiger partial charge on any atom is 0.261 e. The summed E-state index contributed by atoms with van der Waals surface area (Å²) in [5, 5.41) is 6.63. The number of aryl methyl sites for hydroxylation is 1. The van der Waals surface area contributed by atoms with Crippen LogP contribution >= 0.6 is 11.3 Å². The summed E-state index contributed by atoms with van der Waals surface area (Å²) in [5.41, 5.74) is 2.65. The van der Waals surface area contributed by atoms with Gasteiger partial charge in [-0.25, -0.2) is 8.42 Å². The van der Waals surface area contributed by atoms with Crippen LogP contribution in [0.15, 0.2) is 39.9 Å². The van der Waals surface area contributed by atoms with E-state index in [1.165, 1.54) is 11.3 Å². The third kappa shape index (κ3) is 3.34. The number of sulfonamides is 1. The molecule has 2 N–H and O–H groups in total. The van der Waals surface area contributed by atoms with Crippen molar-refractivity contribution in [3.05, 3.63) is 46.2 Å². The van der Waals surface area contributed by atoms with Crippen LogP contribution in [0.3, 0.4) is 0 Å². The molecule has 0 radical (unpaired) electrons. The van der Waals surface area contributed by atoms with Gasteiger partial charge in [0.1, 0.15) is 0 Å². The lowest BCUT2D eigenvalue weighted by Gasteiger charge is -2.10. The molecule has 2 rings (SSSR count). The molecule has 0 atom stereocenters. The second-order valence-electron chi connectivity index (χ2n) is 4.24. The number of anilines is 1. The molecule has 1 heterocycles. The van der Waals surface area contributed by atoms with Crippen LogP contribution in [0.1, 0.15) is 11.1 Å². The lowest BCUT2D eigenvalue weighted by atomic mass is 10.1. The number of hydrogen-bond acceptors (Lipinski definition) is 4. The Bertz CT molecular complexity index is 649. The molecule has 0 unspecified atom stereocenters. The van der Waals surface area contributed by atoms with Crippen LogP contribution in [0.25, 0.3) is 0 Å². The maximum atomic E-state index is 12.2. The van der Waals surface area contributed by atoms with Gasteiger partial charge < -0.3 is 5.32 Å². The van der Waals surface area contributed by atoms with Crippen molar-refractivity contribution < 1.29 is 8.42 Å². The summed E-state index contributed by atoms with van der Waals surface area (Å²) in [6.07, 6.45) is 0. The van der Waals surface area contributed by atoms with Crippen molar-refractivity contribution in [2.45, 2.75) is 18.4 Å². The van der Waals surface area contributed by atoms with Gasteiger partial charge in [0.25, 0.3) is 10.0 Å². The zero-order valence-corrected chi connectivity index (χ0v) is 12.4. The van der Waals surface area contributed by atoms with Gasteiger partial charge in [0, 0.05) is 11.9 Å². The van der Waals surface area contributed by atoms with Crippen molar-refractivity contribution in [3.8, 4) is 0 Å². The number of thiophene rings is 1. The Balaban J connectivity index is 2.32. The minimum absolute atomic E-state index is 0.287. The Kier molecular flexibility index (Phi) is 4.24. The average molecular weight is 296 g/mol. The van der Waals surface area contributed by atoms with E-state index in [2.05, 4.69) is 10.0 Å². The molecular formula is C13H16N2O2S2. The van der Waals surface area contributed by atoms with E-state index in [0.29, 0.717) is 12.2 Å². The Hall–Kier alpha value is -1.37. The number of rotatable bonds is 5. The average Bonchev–Trinajstić information content (AvgIpc) is 2.84. The van der Waals surface area contributed by atoms with Gasteiger partial charge in [-0.3, -0.25) is 4.72 Å². The van der Waals surface area contributed by atoms with Crippen LogP contribution in [0, 0.1) is 6.92 Å². The molecule has 4 nitrogen and oxygen atoms in total. The first-order valence-corrected chi connectivity index (χ1v) is 8.24. The molecule has 0 saturated heterocycles. The van der Waals surface area contributed by atoms with Gasteiger partial charge >= 0.3 is 0 Å². The molecule has 2 aromatic rings. The molecule has 19 heavy (non-hydrogen) atoms. The molecule has 6 heteroatoms. The quantitative estimate of drug-likeness (QED) is 0.891. The molecule has 102 valence electrons. The molecule has 0 bridgehead atoms. The topological polar surface area (TPSA) is 58.2 Å². The summed E-state index contributed by atoms with van der Waals surface area (Å²) in [7, 11) is -1.67. The Morgan fingerprint density at radius 1 is 1.26 bits per heavy atom. The van der Waals surface area contributed by atoms with Crippen molar-refractivity contribution in [1.29, 1.82) is 0 Å². The molecular weight excluding hydrogens is 280 g/mol. The smallest absolute Gasteiger partial charge is 0.261 e. The molecule has 1 aromatic carbocycles. The number of hydrogen-bond donors (Lipinski definition) is 2. The van der Waals surface area contributed by atoms with Gasteiger partial charge in [-0.15, -0.1) is 0 Å². The van der Waals surface area contributed by atoms with E-state index < -0.39 is 10.0 Å². The van der Waals surface area contributed by atoms with Crippen LogP contribution < -0.4 is 10.0 Å². The van der Waals surface area contributed by atoms with Gasteiger partial charge in [0.15, 0.2) is 0 Å². The molecule has 0 aliphatic heterocycles. The van der Waals surface area contributed by atoms with Crippen molar-refractivity contribution >= 4 is 27.0 Å². The molecule has 0 aliphatic rings. The second-order valence-corrected chi connectivity index (χ2v) is 6.70. The highest BCUT2D eigenvalue weighted by atomic mass is 32.2. The molecule has 0 saturated carbocycles. The summed E-state index contributed by atoms with van der Waals surface area (Å²) in [6, 6.07) is 6.91. The fourth-order valence-electron chi connectivity index (χ4n) is 1.73. The van der Waals surface area contributed by atoms with Gasteiger partial charge in [-0.2, -0.15) is 11.3 Å². The maximum absolute atomic E-state index is 12.2. The van der Waals surface area contributed by atoms with Gasteiger partial charge in [-0.1, -0.05) is 6.07 Å². The first kappa shape index (κ1) is 14.0. The second kappa shape index (κ2) is 5.73. The van der Waals surface area contributed by atoms with Crippen molar-refractivity contribution in [2.24, 2.45) is 0 Å². The lowest BCUT2D eigenvalue weighted by molar-refractivity contribution is 0.601. The molecule has 0 spiro atoms. The largest absolute Gasteiger partial charge is 0.316 e. The van der Waals surface area contributed by atoms with Gasteiger partial charge in [-0.05, 0) is 48.7 Å². The predicted octanol–water partition coefficient (Wildman–Crippen LogP) is 2.58. The van der Waals surface area contributed by atoms with E-state index in [4.69, 9.17) is 0 Å². The van der Waals surface area contributed by atoms with Gasteiger partial charge in [0.2, 0.25) is 0 Å². The molecule has 0 aliphatic carbocycles. The van der Waals surface area contributed by atoms with Gasteiger partial charge in [0.05, 0.1) is 10.6 Å². The fourth-order valence-corrected chi connectivity index (χ4v) is 3.49.